The molecule has 4 nitrogen and oxygen atoms in total. The Morgan fingerprint density at radius 2 is 1.74 bits per heavy atom. The smallest absolute Gasteiger partial charge is 0.225 e. The van der Waals surface area contributed by atoms with E-state index in [2.05, 4.69) is 12.1 Å². The van der Waals surface area contributed by atoms with E-state index in [9.17, 15) is 9.59 Å². The molecular formula is C23H26N2O2. The number of rotatable bonds is 6. The van der Waals surface area contributed by atoms with Gasteiger partial charge in [-0.05, 0) is 36.1 Å². The summed E-state index contributed by atoms with van der Waals surface area (Å²) in [7, 11) is 0. The minimum absolute atomic E-state index is 0.0501. The lowest BCUT2D eigenvalue weighted by atomic mass is 9.93. The van der Waals surface area contributed by atoms with Crippen molar-refractivity contribution in [2.24, 2.45) is 0 Å². The van der Waals surface area contributed by atoms with E-state index >= 15 is 0 Å². The lowest BCUT2D eigenvalue weighted by molar-refractivity contribution is -0.134. The molecule has 2 amide bonds. The Labute approximate surface area is 161 Å². The Hall–Kier alpha value is -2.88. The highest BCUT2D eigenvalue weighted by atomic mass is 16.2. The van der Waals surface area contributed by atoms with Crippen molar-refractivity contribution in [3.05, 3.63) is 77.5 Å². The summed E-state index contributed by atoms with van der Waals surface area (Å²) in [5.74, 6) is 0.0284. The molecule has 140 valence electrons. The van der Waals surface area contributed by atoms with Crippen LogP contribution in [0.2, 0.25) is 0 Å². The number of likely N-dealkylation sites (N-methyl/N-ethyl adjacent to an activating group) is 1. The van der Waals surface area contributed by atoms with Gasteiger partial charge in [0.1, 0.15) is 0 Å². The number of amides is 2. The van der Waals surface area contributed by atoms with E-state index in [0.717, 1.165) is 17.5 Å². The summed E-state index contributed by atoms with van der Waals surface area (Å²) in [5.41, 5.74) is 3.32. The van der Waals surface area contributed by atoms with E-state index in [0.29, 0.717) is 19.5 Å². The largest absolute Gasteiger partial charge is 0.343 e. The number of hydrogen-bond donors (Lipinski definition) is 0. The van der Waals surface area contributed by atoms with Crippen molar-refractivity contribution >= 4 is 17.9 Å². The minimum Gasteiger partial charge on any atom is -0.343 e. The van der Waals surface area contributed by atoms with Gasteiger partial charge < -0.3 is 9.80 Å². The van der Waals surface area contributed by atoms with Crippen LogP contribution in [0.4, 0.5) is 0 Å². The first-order chi connectivity index (χ1) is 13.1. The van der Waals surface area contributed by atoms with Crippen LogP contribution in [-0.4, -0.2) is 34.7 Å². The maximum Gasteiger partial charge on any atom is 0.225 e. The average molecular weight is 362 g/mol. The van der Waals surface area contributed by atoms with E-state index in [1.54, 1.807) is 18.0 Å². The Bertz CT molecular complexity index is 829. The molecule has 0 N–H and O–H groups in total. The molecule has 1 aliphatic heterocycles. The van der Waals surface area contributed by atoms with Gasteiger partial charge in [0.25, 0.3) is 0 Å². The predicted molar refractivity (Wildman–Crippen MR) is 108 cm³/mol. The third kappa shape index (κ3) is 4.45. The Morgan fingerprint density at radius 3 is 2.44 bits per heavy atom. The highest BCUT2D eigenvalue weighted by Crippen LogP contribution is 2.33. The maximum absolute atomic E-state index is 13.0. The molecule has 0 aromatic heterocycles. The fraction of sp³-hybridized carbons (Fsp3) is 0.304. The molecule has 1 aliphatic rings. The number of carbonyl (C=O) groups is 2. The van der Waals surface area contributed by atoms with Crippen LogP contribution in [0.15, 0.2) is 60.8 Å². The molecule has 0 spiro atoms. The van der Waals surface area contributed by atoms with Gasteiger partial charge in [-0.25, -0.2) is 0 Å². The zero-order valence-electron chi connectivity index (χ0n) is 16.0. The highest BCUT2D eigenvalue weighted by molar-refractivity contribution is 5.82. The molecule has 0 radical (unpaired) electrons. The van der Waals surface area contributed by atoms with Crippen LogP contribution in [0.1, 0.15) is 43.0 Å². The van der Waals surface area contributed by atoms with Gasteiger partial charge in [0.2, 0.25) is 11.8 Å². The second-order valence-corrected chi connectivity index (χ2v) is 6.80. The lowest BCUT2D eigenvalue weighted by Crippen LogP contribution is -2.38. The first-order valence-corrected chi connectivity index (χ1v) is 9.48. The SMILES string of the molecule is CCN(CCc1ccccc1)C(=O)CC1c2ccccc2C=CN1C(C)=O. The van der Waals surface area contributed by atoms with E-state index in [1.807, 2.05) is 60.4 Å². The molecule has 3 rings (SSSR count). The van der Waals surface area contributed by atoms with Crippen molar-refractivity contribution in [2.75, 3.05) is 13.1 Å². The Balaban J connectivity index is 1.73. The molecule has 0 aliphatic carbocycles. The average Bonchev–Trinajstić information content (AvgIpc) is 2.69. The molecule has 2 aromatic rings. The van der Waals surface area contributed by atoms with Gasteiger partial charge in [-0.1, -0.05) is 54.6 Å². The number of nitrogens with zero attached hydrogens (tertiary/aromatic N) is 2. The summed E-state index contributed by atoms with van der Waals surface area (Å²) in [6, 6.07) is 17.9. The van der Waals surface area contributed by atoms with E-state index in [4.69, 9.17) is 0 Å². The summed E-state index contributed by atoms with van der Waals surface area (Å²) in [4.78, 5) is 28.7. The number of carbonyl (C=O) groups excluding carboxylic acids is 2. The molecule has 1 unspecified atom stereocenters. The number of hydrogen-bond acceptors (Lipinski definition) is 2. The first-order valence-electron chi connectivity index (χ1n) is 9.48. The monoisotopic (exact) mass is 362 g/mol. The molecule has 1 heterocycles. The zero-order valence-corrected chi connectivity index (χ0v) is 16.0. The molecule has 2 aromatic carbocycles. The van der Waals surface area contributed by atoms with E-state index in [1.165, 1.54) is 5.56 Å². The third-order valence-corrected chi connectivity index (χ3v) is 5.08. The minimum atomic E-state index is -0.248. The third-order valence-electron chi connectivity index (χ3n) is 5.08. The molecule has 4 heteroatoms. The molecule has 1 atom stereocenters. The Kier molecular flexibility index (Phi) is 6.07. The first kappa shape index (κ1) is 18.9. The lowest BCUT2D eigenvalue weighted by Gasteiger charge is -2.33. The van der Waals surface area contributed by atoms with Crippen molar-refractivity contribution < 1.29 is 9.59 Å². The molecule has 0 saturated carbocycles. The van der Waals surface area contributed by atoms with Crippen LogP contribution in [0.5, 0.6) is 0 Å². The predicted octanol–water partition coefficient (Wildman–Crippen LogP) is 4.04. The van der Waals surface area contributed by atoms with Gasteiger partial charge in [-0.2, -0.15) is 0 Å². The van der Waals surface area contributed by atoms with Crippen LogP contribution < -0.4 is 0 Å². The van der Waals surface area contributed by atoms with Gasteiger partial charge in [0.05, 0.1) is 12.5 Å². The molecule has 0 saturated heterocycles. The van der Waals surface area contributed by atoms with Crippen molar-refractivity contribution in [3.63, 3.8) is 0 Å². The van der Waals surface area contributed by atoms with E-state index < -0.39 is 0 Å². The topological polar surface area (TPSA) is 40.6 Å². The van der Waals surface area contributed by atoms with Crippen molar-refractivity contribution in [1.29, 1.82) is 0 Å². The van der Waals surface area contributed by atoms with Gasteiger partial charge in [-0.3, -0.25) is 9.59 Å². The van der Waals surface area contributed by atoms with Crippen LogP contribution in [0.3, 0.4) is 0 Å². The second kappa shape index (κ2) is 8.67. The number of benzene rings is 2. The van der Waals surface area contributed by atoms with Crippen LogP contribution in [-0.2, 0) is 16.0 Å². The van der Waals surface area contributed by atoms with E-state index in [-0.39, 0.29) is 17.9 Å². The molecular weight excluding hydrogens is 336 g/mol. The highest BCUT2D eigenvalue weighted by Gasteiger charge is 2.29. The van der Waals surface area contributed by atoms with Gasteiger partial charge in [0, 0.05) is 26.2 Å². The maximum atomic E-state index is 13.0. The van der Waals surface area contributed by atoms with Gasteiger partial charge in [0.15, 0.2) is 0 Å². The van der Waals surface area contributed by atoms with Crippen molar-refractivity contribution in [3.8, 4) is 0 Å². The van der Waals surface area contributed by atoms with Gasteiger partial charge >= 0.3 is 0 Å². The van der Waals surface area contributed by atoms with Crippen LogP contribution in [0.25, 0.3) is 6.08 Å². The zero-order chi connectivity index (χ0) is 19.2. The summed E-state index contributed by atoms with van der Waals surface area (Å²) in [6.45, 7) is 4.89. The standard InChI is InChI=1S/C23H26N2O2/c1-3-24(15-13-19-9-5-4-6-10-19)23(27)17-22-21-12-8-7-11-20(21)14-16-25(22)18(2)26/h4-12,14,16,22H,3,13,15,17H2,1-2H3. The summed E-state index contributed by atoms with van der Waals surface area (Å²) in [6.07, 6.45) is 4.86. The quantitative estimate of drug-likeness (QED) is 0.778. The fourth-order valence-electron chi connectivity index (χ4n) is 3.58. The second-order valence-electron chi connectivity index (χ2n) is 6.80. The van der Waals surface area contributed by atoms with Crippen molar-refractivity contribution in [1.82, 2.24) is 9.80 Å². The summed E-state index contributed by atoms with van der Waals surface area (Å²) >= 11 is 0. The Morgan fingerprint density at radius 1 is 1.04 bits per heavy atom. The molecule has 27 heavy (non-hydrogen) atoms. The van der Waals surface area contributed by atoms with Crippen LogP contribution in [0, 0.1) is 0 Å². The van der Waals surface area contributed by atoms with Crippen molar-refractivity contribution in [2.45, 2.75) is 32.7 Å². The molecule has 0 fully saturated rings. The summed E-state index contributed by atoms with van der Waals surface area (Å²) < 4.78 is 0. The summed E-state index contributed by atoms with van der Waals surface area (Å²) in [5, 5.41) is 0. The van der Waals surface area contributed by atoms with Crippen LogP contribution >= 0.6 is 0 Å². The fourth-order valence-corrected chi connectivity index (χ4v) is 3.58. The number of fused-ring (bicyclic) bond motifs is 1. The normalized spacial score (nSPS) is 15.3. The van der Waals surface area contributed by atoms with Gasteiger partial charge in [-0.15, -0.1) is 0 Å². The molecule has 0 bridgehead atoms.